The summed E-state index contributed by atoms with van der Waals surface area (Å²) in [5.74, 6) is 5.07. The summed E-state index contributed by atoms with van der Waals surface area (Å²) in [7, 11) is 0. The highest BCUT2D eigenvalue weighted by Gasteiger charge is 2.35. The largest absolute Gasteiger partial charge is 0.478 e. The van der Waals surface area contributed by atoms with Crippen LogP contribution in [-0.2, 0) is 14.9 Å². The van der Waals surface area contributed by atoms with E-state index >= 15 is 0 Å². The number of ether oxygens (including phenoxy) is 1. The summed E-state index contributed by atoms with van der Waals surface area (Å²) in [5.41, 5.74) is 2.41. The predicted molar refractivity (Wildman–Crippen MR) is 167 cm³/mol. The van der Waals surface area contributed by atoms with Crippen molar-refractivity contribution in [3.8, 4) is 11.8 Å². The number of rotatable bonds is 16. The molecule has 222 valence electrons. The molecule has 0 amide bonds. The fourth-order valence-corrected chi connectivity index (χ4v) is 6.79. The van der Waals surface area contributed by atoms with Crippen LogP contribution >= 0.6 is 11.8 Å². The molecule has 1 aliphatic heterocycles. The topological polar surface area (TPSA) is 76.5 Å². The first-order valence-corrected chi connectivity index (χ1v) is 16.4. The maximum atomic E-state index is 12.6. The van der Waals surface area contributed by atoms with Gasteiger partial charge in [0.25, 0.3) is 0 Å². The Kier molecular flexibility index (Phi) is 13.8. The zero-order valence-corrected chi connectivity index (χ0v) is 26.0. The van der Waals surface area contributed by atoms with Crippen molar-refractivity contribution in [2.24, 2.45) is 0 Å². The number of unbranched alkanes of at least 4 members (excludes halogenated alkanes) is 12. The van der Waals surface area contributed by atoms with E-state index in [4.69, 9.17) is 9.84 Å². The standard InChI is InChI=1S/C35H47NO4S/c1-4-5-6-7-8-9-10-11-12-13-14-15-16-17-32(37)40-33-25-35(2,3)30-24-27(19-23-31(30)41-33)18-21-29-22-20-28(26-36-29)34(38)39/h19-20,22-24,26,33H,4-17,25H2,1-3H3,(H,38,39). The molecule has 41 heavy (non-hydrogen) atoms. The normalized spacial score (nSPS) is 15.4. The molecule has 0 fully saturated rings. The number of esters is 1. The van der Waals surface area contributed by atoms with Crippen LogP contribution in [0.15, 0.2) is 41.4 Å². The molecular weight excluding hydrogens is 530 g/mol. The van der Waals surface area contributed by atoms with E-state index in [-0.39, 0.29) is 22.4 Å². The Morgan fingerprint density at radius 1 is 0.927 bits per heavy atom. The van der Waals surface area contributed by atoms with Gasteiger partial charge in [-0.3, -0.25) is 4.79 Å². The Hall–Kier alpha value is -2.78. The first-order valence-electron chi connectivity index (χ1n) is 15.5. The molecule has 2 heterocycles. The van der Waals surface area contributed by atoms with Gasteiger partial charge in [0.2, 0.25) is 0 Å². The molecular formula is C35H47NO4S. The van der Waals surface area contributed by atoms with Crippen molar-refractivity contribution in [1.29, 1.82) is 0 Å². The molecule has 1 aliphatic rings. The third-order valence-electron chi connectivity index (χ3n) is 7.74. The number of hydrogen-bond donors (Lipinski definition) is 1. The molecule has 0 bridgehead atoms. The molecule has 0 aliphatic carbocycles. The van der Waals surface area contributed by atoms with E-state index in [1.54, 1.807) is 17.8 Å². The summed E-state index contributed by atoms with van der Waals surface area (Å²) >= 11 is 1.62. The molecule has 1 aromatic heterocycles. The predicted octanol–water partition coefficient (Wildman–Crippen LogP) is 9.30. The zero-order valence-electron chi connectivity index (χ0n) is 25.2. The van der Waals surface area contributed by atoms with E-state index in [9.17, 15) is 9.59 Å². The lowest BCUT2D eigenvalue weighted by molar-refractivity contribution is -0.145. The smallest absolute Gasteiger partial charge is 0.337 e. The SMILES string of the molecule is CCCCCCCCCCCCCCCC(=O)OC1CC(C)(C)c2cc(C#Cc3ccc(C(=O)O)cn3)ccc2S1. The number of carbonyl (C=O) groups is 2. The Morgan fingerprint density at radius 3 is 2.15 bits per heavy atom. The second-order valence-electron chi connectivity index (χ2n) is 11.8. The van der Waals surface area contributed by atoms with Gasteiger partial charge in [0.15, 0.2) is 5.44 Å². The summed E-state index contributed by atoms with van der Waals surface area (Å²) < 4.78 is 5.90. The van der Waals surface area contributed by atoms with Crippen LogP contribution in [0.2, 0.25) is 0 Å². The van der Waals surface area contributed by atoms with E-state index in [2.05, 4.69) is 49.7 Å². The molecule has 6 heteroatoms. The highest BCUT2D eigenvalue weighted by atomic mass is 32.2. The molecule has 0 radical (unpaired) electrons. The van der Waals surface area contributed by atoms with E-state index in [0.717, 1.165) is 29.7 Å². The number of fused-ring (bicyclic) bond motifs is 1. The highest BCUT2D eigenvalue weighted by molar-refractivity contribution is 7.99. The van der Waals surface area contributed by atoms with Crippen LogP contribution in [0.5, 0.6) is 0 Å². The van der Waals surface area contributed by atoms with Crippen molar-refractivity contribution in [2.75, 3.05) is 0 Å². The molecule has 1 N–H and O–H groups in total. The minimum absolute atomic E-state index is 0.0891. The fourth-order valence-electron chi connectivity index (χ4n) is 5.24. The number of carboxylic acids is 1. The van der Waals surface area contributed by atoms with Crippen LogP contribution in [0, 0.1) is 11.8 Å². The number of aromatic nitrogens is 1. The second-order valence-corrected chi connectivity index (χ2v) is 13.0. The van der Waals surface area contributed by atoms with Crippen LogP contribution in [0.4, 0.5) is 0 Å². The van der Waals surface area contributed by atoms with Gasteiger partial charge in [-0.25, -0.2) is 9.78 Å². The first-order chi connectivity index (χ1) is 19.8. The van der Waals surface area contributed by atoms with Gasteiger partial charge in [0.05, 0.1) is 5.56 Å². The van der Waals surface area contributed by atoms with Gasteiger partial charge in [-0.1, -0.05) is 116 Å². The molecule has 3 rings (SSSR count). The molecule has 0 spiro atoms. The summed E-state index contributed by atoms with van der Waals surface area (Å²) in [5, 5.41) is 9.02. The summed E-state index contributed by atoms with van der Waals surface area (Å²) in [6.45, 7) is 6.63. The number of aromatic carboxylic acids is 1. The molecule has 0 saturated carbocycles. The van der Waals surface area contributed by atoms with Crippen LogP contribution in [0.3, 0.4) is 0 Å². The van der Waals surface area contributed by atoms with Gasteiger partial charge in [-0.05, 0) is 53.7 Å². The van der Waals surface area contributed by atoms with E-state index in [1.807, 2.05) is 6.07 Å². The second kappa shape index (κ2) is 17.2. The van der Waals surface area contributed by atoms with Gasteiger partial charge in [-0.15, -0.1) is 0 Å². The number of benzene rings is 1. The third kappa shape index (κ3) is 11.6. The lowest BCUT2D eigenvalue weighted by Gasteiger charge is -2.36. The molecule has 5 nitrogen and oxygen atoms in total. The zero-order chi connectivity index (χ0) is 29.5. The average molecular weight is 578 g/mol. The molecule has 1 unspecified atom stereocenters. The van der Waals surface area contributed by atoms with Crippen LogP contribution in [0.25, 0.3) is 0 Å². The number of pyridine rings is 1. The van der Waals surface area contributed by atoms with Crippen molar-refractivity contribution < 1.29 is 19.4 Å². The van der Waals surface area contributed by atoms with Gasteiger partial charge >= 0.3 is 11.9 Å². The highest BCUT2D eigenvalue weighted by Crippen LogP contribution is 2.46. The van der Waals surface area contributed by atoms with Crippen molar-refractivity contribution in [3.63, 3.8) is 0 Å². The average Bonchev–Trinajstić information content (AvgIpc) is 2.94. The lowest BCUT2D eigenvalue weighted by Crippen LogP contribution is -2.31. The number of thioether (sulfide) groups is 1. The number of hydrogen-bond acceptors (Lipinski definition) is 5. The monoisotopic (exact) mass is 577 g/mol. The molecule has 2 aromatic rings. The van der Waals surface area contributed by atoms with Gasteiger partial charge < -0.3 is 9.84 Å². The van der Waals surface area contributed by atoms with Crippen LogP contribution in [-0.4, -0.2) is 27.5 Å². The fraction of sp³-hybridized carbons (Fsp3) is 0.571. The third-order valence-corrected chi connectivity index (χ3v) is 8.87. The van der Waals surface area contributed by atoms with Crippen LogP contribution < -0.4 is 0 Å². The van der Waals surface area contributed by atoms with Crippen molar-refractivity contribution >= 4 is 23.7 Å². The minimum Gasteiger partial charge on any atom is -0.478 e. The van der Waals surface area contributed by atoms with E-state index in [1.165, 1.54) is 88.5 Å². The first kappa shape index (κ1) is 32.7. The summed E-state index contributed by atoms with van der Waals surface area (Å²) in [4.78, 5) is 28.8. The quantitative estimate of drug-likeness (QED) is 0.122. The van der Waals surface area contributed by atoms with Gasteiger partial charge in [-0.2, -0.15) is 0 Å². The molecule has 1 atom stereocenters. The van der Waals surface area contributed by atoms with E-state index < -0.39 is 5.97 Å². The van der Waals surface area contributed by atoms with Gasteiger partial charge in [0.1, 0.15) is 5.69 Å². The number of carbonyl (C=O) groups excluding carboxylic acids is 1. The Labute approximate surface area is 251 Å². The van der Waals surface area contributed by atoms with E-state index in [0.29, 0.717) is 12.1 Å². The number of carboxylic acid groups (broad SMARTS) is 1. The Bertz CT molecular complexity index is 1180. The van der Waals surface area contributed by atoms with Crippen molar-refractivity contribution in [2.45, 2.75) is 133 Å². The maximum absolute atomic E-state index is 12.6. The van der Waals surface area contributed by atoms with Crippen molar-refractivity contribution in [3.05, 3.63) is 58.9 Å². The number of nitrogens with zero attached hydrogens (tertiary/aromatic N) is 1. The Balaban J connectivity index is 1.36. The van der Waals surface area contributed by atoms with Gasteiger partial charge in [0, 0.05) is 29.5 Å². The maximum Gasteiger partial charge on any atom is 0.337 e. The Morgan fingerprint density at radius 2 is 1.56 bits per heavy atom. The summed E-state index contributed by atoms with van der Waals surface area (Å²) in [6.07, 6.45) is 19.4. The minimum atomic E-state index is -1.00. The molecule has 1 aromatic carbocycles. The lowest BCUT2D eigenvalue weighted by atomic mass is 9.80. The summed E-state index contributed by atoms with van der Waals surface area (Å²) in [6, 6.07) is 9.25. The van der Waals surface area contributed by atoms with Crippen molar-refractivity contribution in [1.82, 2.24) is 4.98 Å². The van der Waals surface area contributed by atoms with Crippen LogP contribution in [0.1, 0.15) is 144 Å². The molecule has 0 saturated heterocycles.